The molecule has 0 aliphatic rings. The summed E-state index contributed by atoms with van der Waals surface area (Å²) in [5, 5.41) is 8.34. The quantitative estimate of drug-likeness (QED) is 0.575. The van der Waals surface area contributed by atoms with Crippen molar-refractivity contribution >= 4 is 41.0 Å². The zero-order valence-corrected chi connectivity index (χ0v) is 18.7. The van der Waals surface area contributed by atoms with Gasteiger partial charge in [-0.2, -0.15) is 11.3 Å². The summed E-state index contributed by atoms with van der Waals surface area (Å²) in [6, 6.07) is 7.82. The van der Waals surface area contributed by atoms with Gasteiger partial charge in [-0.1, -0.05) is 6.07 Å². The second-order valence-corrected chi connectivity index (χ2v) is 8.66. The average molecular weight is 437 g/mol. The third kappa shape index (κ3) is 6.38. The first-order valence-corrected chi connectivity index (χ1v) is 10.6. The number of halogens is 1. The summed E-state index contributed by atoms with van der Waals surface area (Å²) < 4.78 is 0. The Morgan fingerprint density at radius 1 is 1.29 bits per heavy atom. The van der Waals surface area contributed by atoms with Gasteiger partial charge in [0.15, 0.2) is 0 Å². The van der Waals surface area contributed by atoms with Crippen molar-refractivity contribution in [3.05, 3.63) is 68.1 Å². The predicted octanol–water partition coefficient (Wildman–Crippen LogP) is 4.17. The van der Waals surface area contributed by atoms with Gasteiger partial charge in [0.2, 0.25) is 5.91 Å². The molecule has 1 amide bonds. The number of aromatic nitrogens is 2. The lowest BCUT2D eigenvalue weighted by Gasteiger charge is -2.20. The lowest BCUT2D eigenvalue weighted by atomic mass is 10.1. The summed E-state index contributed by atoms with van der Waals surface area (Å²) in [4.78, 5) is 24.8. The molecule has 0 fully saturated rings. The van der Waals surface area contributed by atoms with Crippen LogP contribution in [0.3, 0.4) is 0 Å². The smallest absolute Gasteiger partial charge is 0.234 e. The summed E-state index contributed by atoms with van der Waals surface area (Å²) in [5.41, 5.74) is 3.21. The Kier molecular flexibility index (Phi) is 8.57. The molecule has 1 unspecified atom stereocenters. The molecule has 5 nitrogen and oxygen atoms in total. The van der Waals surface area contributed by atoms with Gasteiger partial charge in [0.1, 0.15) is 5.01 Å². The summed E-state index contributed by atoms with van der Waals surface area (Å²) in [6.45, 7) is 5.04. The number of nitrogens with zero attached hydrogens (tertiary/aromatic N) is 3. The zero-order valence-electron chi connectivity index (χ0n) is 16.2. The van der Waals surface area contributed by atoms with Crippen molar-refractivity contribution in [2.45, 2.75) is 32.9 Å². The van der Waals surface area contributed by atoms with Gasteiger partial charge >= 0.3 is 0 Å². The third-order valence-electron chi connectivity index (χ3n) is 4.27. The van der Waals surface area contributed by atoms with Gasteiger partial charge < -0.3 is 5.32 Å². The number of likely N-dealkylation sites (N-methyl/N-ethyl adjacent to an activating group) is 1. The maximum Gasteiger partial charge on any atom is 0.234 e. The van der Waals surface area contributed by atoms with Gasteiger partial charge in [-0.15, -0.1) is 23.7 Å². The van der Waals surface area contributed by atoms with Crippen LogP contribution in [0.25, 0.3) is 0 Å². The van der Waals surface area contributed by atoms with Gasteiger partial charge in [-0.3, -0.25) is 14.7 Å². The van der Waals surface area contributed by atoms with Gasteiger partial charge in [-0.05, 0) is 55.4 Å². The molecule has 3 aromatic rings. The molecule has 0 saturated carbocycles. The molecule has 28 heavy (non-hydrogen) atoms. The normalized spacial score (nSPS) is 11.9. The molecule has 0 saturated heterocycles. The molecule has 3 rings (SSSR count). The second-order valence-electron chi connectivity index (χ2n) is 6.64. The molecule has 0 radical (unpaired) electrons. The third-order valence-corrected chi connectivity index (χ3v) is 6.19. The molecule has 0 aliphatic carbocycles. The lowest BCUT2D eigenvalue weighted by molar-refractivity contribution is -0.122. The Balaban J connectivity index is 0.00000280. The van der Waals surface area contributed by atoms with Crippen molar-refractivity contribution in [2.24, 2.45) is 0 Å². The topological polar surface area (TPSA) is 58.1 Å². The molecule has 1 atom stereocenters. The molecule has 0 aromatic carbocycles. The van der Waals surface area contributed by atoms with Crippen LogP contribution in [0.2, 0.25) is 0 Å². The minimum Gasteiger partial charge on any atom is -0.345 e. The van der Waals surface area contributed by atoms with E-state index in [1.807, 2.05) is 37.1 Å². The highest BCUT2D eigenvalue weighted by atomic mass is 35.5. The van der Waals surface area contributed by atoms with Gasteiger partial charge in [0.05, 0.1) is 24.0 Å². The average Bonchev–Trinajstić information content (AvgIpc) is 3.25. The molecule has 0 bridgehead atoms. The Morgan fingerprint density at radius 2 is 2.11 bits per heavy atom. The number of amides is 1. The van der Waals surface area contributed by atoms with Crippen LogP contribution >= 0.6 is 35.1 Å². The molecule has 8 heteroatoms. The minimum absolute atomic E-state index is 0. The largest absolute Gasteiger partial charge is 0.345 e. The van der Waals surface area contributed by atoms with E-state index < -0.39 is 0 Å². The van der Waals surface area contributed by atoms with Crippen LogP contribution in [0.5, 0.6) is 0 Å². The fraction of sp³-hybridized carbons (Fsp3) is 0.350. The number of thiazole rings is 1. The minimum atomic E-state index is -0.104. The summed E-state index contributed by atoms with van der Waals surface area (Å²) in [7, 11) is 1.93. The fourth-order valence-corrected chi connectivity index (χ4v) is 4.46. The molecule has 1 N–H and O–H groups in total. The first-order chi connectivity index (χ1) is 13.0. The van der Waals surface area contributed by atoms with E-state index in [0.29, 0.717) is 13.1 Å². The Bertz CT molecular complexity index is 848. The van der Waals surface area contributed by atoms with Crippen molar-refractivity contribution in [1.29, 1.82) is 0 Å². The number of aryl methyl sites for hydroxylation is 2. The zero-order chi connectivity index (χ0) is 19.2. The summed E-state index contributed by atoms with van der Waals surface area (Å²) >= 11 is 3.33. The maximum atomic E-state index is 12.7. The van der Waals surface area contributed by atoms with Gasteiger partial charge in [0, 0.05) is 24.0 Å². The van der Waals surface area contributed by atoms with Crippen LogP contribution in [0.15, 0.2) is 41.2 Å². The number of carbonyl (C=O) groups excluding carboxylic acids is 1. The molecule has 3 aromatic heterocycles. The van der Waals surface area contributed by atoms with E-state index >= 15 is 0 Å². The van der Waals surface area contributed by atoms with Crippen molar-refractivity contribution in [3.63, 3.8) is 0 Å². The number of hydrogen-bond donors (Lipinski definition) is 1. The Morgan fingerprint density at radius 3 is 2.71 bits per heavy atom. The van der Waals surface area contributed by atoms with Gasteiger partial charge in [-0.25, -0.2) is 4.98 Å². The number of thiophene rings is 1. The van der Waals surface area contributed by atoms with Crippen LogP contribution < -0.4 is 5.32 Å². The first kappa shape index (κ1) is 22.5. The van der Waals surface area contributed by atoms with E-state index in [4.69, 9.17) is 0 Å². The second kappa shape index (κ2) is 10.7. The van der Waals surface area contributed by atoms with Crippen LogP contribution in [0.4, 0.5) is 0 Å². The number of rotatable bonds is 8. The summed E-state index contributed by atoms with van der Waals surface area (Å²) in [5.74, 6) is -0.000771. The van der Waals surface area contributed by atoms with Crippen molar-refractivity contribution < 1.29 is 4.79 Å². The van der Waals surface area contributed by atoms with E-state index in [0.717, 1.165) is 22.8 Å². The SMILES string of the molecule is Cc1nc(C(Cc2ccsc2)NC(=O)CN(C)Cc2ccccn2)sc1C.Cl. The molecule has 0 aliphatic heterocycles. The molecular formula is C20H25ClN4OS2. The Labute approximate surface area is 180 Å². The number of nitrogens with one attached hydrogen (secondary N) is 1. The van der Waals surface area contributed by atoms with Crippen molar-refractivity contribution in [2.75, 3.05) is 13.6 Å². The molecule has 3 heterocycles. The first-order valence-electron chi connectivity index (χ1n) is 8.84. The number of carbonyl (C=O) groups is 1. The van der Waals surface area contributed by atoms with Crippen molar-refractivity contribution in [3.8, 4) is 0 Å². The molecule has 150 valence electrons. The van der Waals surface area contributed by atoms with E-state index in [-0.39, 0.29) is 24.4 Å². The maximum absolute atomic E-state index is 12.7. The van der Waals surface area contributed by atoms with E-state index in [1.54, 1.807) is 28.9 Å². The van der Waals surface area contributed by atoms with Gasteiger partial charge in [0.25, 0.3) is 0 Å². The van der Waals surface area contributed by atoms with E-state index in [1.165, 1.54) is 10.4 Å². The predicted molar refractivity (Wildman–Crippen MR) is 118 cm³/mol. The number of hydrogen-bond acceptors (Lipinski definition) is 6. The Hall–Kier alpha value is -1.80. The molecular weight excluding hydrogens is 412 g/mol. The fourth-order valence-electron chi connectivity index (χ4n) is 2.80. The van der Waals surface area contributed by atoms with Crippen LogP contribution in [0, 0.1) is 13.8 Å². The summed E-state index contributed by atoms with van der Waals surface area (Å²) in [6.07, 6.45) is 2.53. The highest BCUT2D eigenvalue weighted by Gasteiger charge is 2.20. The van der Waals surface area contributed by atoms with Crippen LogP contribution in [-0.4, -0.2) is 34.4 Å². The number of pyridine rings is 1. The highest BCUT2D eigenvalue weighted by molar-refractivity contribution is 7.11. The standard InChI is InChI=1S/C20H24N4OS2.ClH/c1-14-15(2)27-20(22-14)18(10-16-7-9-26-13-16)23-19(25)12-24(3)11-17-6-4-5-8-21-17;/h4-9,13,18H,10-12H2,1-3H3,(H,23,25);1H. The van der Waals surface area contributed by atoms with E-state index in [2.05, 4.69) is 39.0 Å². The lowest BCUT2D eigenvalue weighted by Crippen LogP contribution is -2.37. The van der Waals surface area contributed by atoms with Crippen molar-refractivity contribution in [1.82, 2.24) is 20.2 Å². The van der Waals surface area contributed by atoms with Crippen LogP contribution in [-0.2, 0) is 17.8 Å². The highest BCUT2D eigenvalue weighted by Crippen LogP contribution is 2.26. The monoisotopic (exact) mass is 436 g/mol. The van der Waals surface area contributed by atoms with Crippen LogP contribution in [0.1, 0.15) is 32.9 Å². The molecule has 0 spiro atoms. The van der Waals surface area contributed by atoms with E-state index in [9.17, 15) is 4.79 Å².